The van der Waals surface area contributed by atoms with Gasteiger partial charge in [0, 0.05) is 5.56 Å². The van der Waals surface area contributed by atoms with Gasteiger partial charge in [-0.2, -0.15) is 0 Å². The Kier molecular flexibility index (Phi) is 7.92. The molecule has 0 spiro atoms. The number of carbonyl (C=O) groups excluding carboxylic acids is 5. The fourth-order valence-electron chi connectivity index (χ4n) is 7.56. The van der Waals surface area contributed by atoms with Crippen LogP contribution >= 0.6 is 31.9 Å². The minimum atomic E-state index is -0.945. The van der Waals surface area contributed by atoms with Gasteiger partial charge in [-0.3, -0.25) is 14.4 Å². The van der Waals surface area contributed by atoms with E-state index in [0.717, 1.165) is 32.7 Å². The number of anilines is 1. The normalized spacial score (nSPS) is 22.5. The number of halogens is 2. The zero-order valence-electron chi connectivity index (χ0n) is 27.0. The van der Waals surface area contributed by atoms with Gasteiger partial charge in [-0.25, -0.2) is 14.5 Å². The summed E-state index contributed by atoms with van der Waals surface area (Å²) >= 11 is 8.00. The summed E-state index contributed by atoms with van der Waals surface area (Å²) in [6.45, 7) is 1.37. The molecular weight excluding hydrogens is 778 g/mol. The Bertz CT molecular complexity index is 2180. The van der Waals surface area contributed by atoms with E-state index in [1.165, 1.54) is 36.4 Å². The maximum absolute atomic E-state index is 14.4. The second-order valence-corrected chi connectivity index (χ2v) is 15.3. The van der Waals surface area contributed by atoms with Gasteiger partial charge >= 0.3 is 11.9 Å². The summed E-state index contributed by atoms with van der Waals surface area (Å²) < 4.78 is 8.86. The third-order valence-electron chi connectivity index (χ3n) is 9.93. The number of Topliss-reactive ketones (excluding diaryl/α,β-unsaturated/α-hetero) is 1. The lowest BCUT2D eigenvalue weighted by Crippen LogP contribution is -2.56. The Hall–Kier alpha value is -5.19. The van der Waals surface area contributed by atoms with E-state index >= 15 is 0 Å². The Labute approximate surface area is 309 Å². The number of ketones is 1. The lowest BCUT2D eigenvalue weighted by molar-refractivity contribution is -0.122. The fraction of sp³-hybridized carbons (Fsp3) is 0.146. The Morgan fingerprint density at radius 2 is 1.14 bits per heavy atom. The van der Waals surface area contributed by atoms with Gasteiger partial charge < -0.3 is 9.47 Å². The molecule has 8 nitrogen and oxygen atoms in total. The van der Waals surface area contributed by atoms with Crippen molar-refractivity contribution in [3.63, 3.8) is 0 Å². The Balaban J connectivity index is 0.989. The number of aryl methyl sites for hydroxylation is 1. The summed E-state index contributed by atoms with van der Waals surface area (Å²) in [6.07, 6.45) is 0. The molecule has 5 aromatic rings. The summed E-state index contributed by atoms with van der Waals surface area (Å²) in [5.74, 6) is -3.83. The zero-order valence-corrected chi connectivity index (χ0v) is 30.1. The number of alkyl halides is 2. The molecule has 0 N–H and O–H groups in total. The van der Waals surface area contributed by atoms with E-state index < -0.39 is 44.8 Å². The predicted octanol–water partition coefficient (Wildman–Crippen LogP) is 7.66. The van der Waals surface area contributed by atoms with E-state index in [0.29, 0.717) is 5.56 Å². The Morgan fingerprint density at radius 3 is 1.67 bits per heavy atom. The van der Waals surface area contributed by atoms with Crippen molar-refractivity contribution in [3.8, 4) is 5.75 Å². The smallest absolute Gasteiger partial charge is 0.343 e. The summed E-state index contributed by atoms with van der Waals surface area (Å²) in [5.41, 5.74) is 5.66. The number of rotatable bonds is 7. The van der Waals surface area contributed by atoms with Crippen LogP contribution in [0.1, 0.15) is 58.9 Å². The molecule has 9 rings (SSSR count). The molecule has 0 saturated carbocycles. The third-order valence-corrected chi connectivity index (χ3v) is 12.6. The maximum Gasteiger partial charge on any atom is 0.343 e. The van der Waals surface area contributed by atoms with Crippen molar-refractivity contribution in [3.05, 3.63) is 166 Å². The molecule has 2 unspecified atom stereocenters. The van der Waals surface area contributed by atoms with Crippen LogP contribution in [-0.2, 0) is 23.0 Å². The van der Waals surface area contributed by atoms with E-state index in [4.69, 9.17) is 9.47 Å². The molecular formula is C41H27Br2NO7. The van der Waals surface area contributed by atoms with Crippen LogP contribution in [0, 0.1) is 18.8 Å². The monoisotopic (exact) mass is 803 g/mol. The van der Waals surface area contributed by atoms with E-state index in [9.17, 15) is 24.0 Å². The molecule has 3 aliphatic carbocycles. The van der Waals surface area contributed by atoms with Gasteiger partial charge in [0.15, 0.2) is 12.4 Å². The number of hydrogen-bond acceptors (Lipinski definition) is 7. The SMILES string of the molecule is Cc1ccc(C(=O)Oc2ccc(C(=O)COC(=O)c3cccc(N4C(=O)C5C(C4=O)C4(Br)c6ccccc6C5(Br)c5ccccc54)c3)cc2)cc1. The first-order valence-electron chi connectivity index (χ1n) is 16.2. The van der Waals surface area contributed by atoms with Crippen LogP contribution < -0.4 is 9.64 Å². The fourth-order valence-corrected chi connectivity index (χ4v) is 9.86. The number of amides is 2. The number of hydrogen-bond donors (Lipinski definition) is 0. The van der Waals surface area contributed by atoms with E-state index in [-0.39, 0.29) is 34.4 Å². The molecule has 1 aliphatic heterocycles. The van der Waals surface area contributed by atoms with Gasteiger partial charge in [0.1, 0.15) is 5.75 Å². The highest BCUT2D eigenvalue weighted by Crippen LogP contribution is 2.70. The number of carbonyl (C=O) groups is 5. The quantitative estimate of drug-likeness (QED) is 0.0547. The van der Waals surface area contributed by atoms with Crippen LogP contribution in [0.5, 0.6) is 5.75 Å². The maximum atomic E-state index is 14.4. The van der Waals surface area contributed by atoms with Crippen molar-refractivity contribution in [2.45, 2.75) is 15.6 Å². The molecule has 252 valence electrons. The highest BCUT2D eigenvalue weighted by molar-refractivity contribution is 9.10. The molecule has 5 aromatic carbocycles. The molecule has 2 atom stereocenters. The standard InChI is InChI=1S/C41H27Br2NO7/c1-23-13-15-25(16-14-23)39(49)51-28-19-17-24(18-20-28)33(45)22-50-38(48)26-7-6-8-27(21-26)44-36(46)34-35(37(44)47)41(43)30-10-3-2-9-29(30)40(34,42)31-11-4-5-12-32(31)41/h2-21,34-35H,22H2,1H3. The molecule has 4 aliphatic rings. The molecule has 2 bridgehead atoms. The summed E-state index contributed by atoms with van der Waals surface area (Å²) in [7, 11) is 0. The number of nitrogens with zero attached hydrogens (tertiary/aromatic N) is 1. The molecule has 2 amide bonds. The van der Waals surface area contributed by atoms with Crippen molar-refractivity contribution in [2.24, 2.45) is 11.8 Å². The predicted molar refractivity (Wildman–Crippen MR) is 195 cm³/mol. The number of esters is 2. The second kappa shape index (κ2) is 12.2. The molecule has 1 fully saturated rings. The first-order valence-corrected chi connectivity index (χ1v) is 17.8. The summed E-state index contributed by atoms with van der Waals surface area (Å²) in [5, 5.41) is 0. The van der Waals surface area contributed by atoms with E-state index in [2.05, 4.69) is 31.9 Å². The number of imide groups is 1. The molecule has 0 radical (unpaired) electrons. The first kappa shape index (κ1) is 33.0. The minimum absolute atomic E-state index is 0.0748. The molecule has 0 aromatic heterocycles. The number of benzene rings is 5. The topological polar surface area (TPSA) is 107 Å². The van der Waals surface area contributed by atoms with E-state index in [1.54, 1.807) is 24.3 Å². The lowest BCUT2D eigenvalue weighted by atomic mass is 9.54. The molecule has 1 heterocycles. The van der Waals surface area contributed by atoms with E-state index in [1.807, 2.05) is 67.6 Å². The van der Waals surface area contributed by atoms with Crippen molar-refractivity contribution in [1.29, 1.82) is 0 Å². The first-order chi connectivity index (χ1) is 24.5. The summed E-state index contributed by atoms with van der Waals surface area (Å²) in [4.78, 5) is 68.4. The van der Waals surface area contributed by atoms with Gasteiger partial charge in [0.05, 0.1) is 37.3 Å². The number of ether oxygens (including phenoxy) is 2. The van der Waals surface area contributed by atoms with Gasteiger partial charge in [-0.15, -0.1) is 0 Å². The zero-order chi connectivity index (χ0) is 35.7. The molecule has 51 heavy (non-hydrogen) atoms. The van der Waals surface area contributed by atoms with Gasteiger partial charge in [0.25, 0.3) is 0 Å². The van der Waals surface area contributed by atoms with Crippen molar-refractivity contribution < 1.29 is 33.4 Å². The third kappa shape index (κ3) is 5.03. The largest absolute Gasteiger partial charge is 0.454 e. The van der Waals surface area contributed by atoms with Gasteiger partial charge in [-0.1, -0.05) is 104 Å². The average Bonchev–Trinajstić information content (AvgIpc) is 3.43. The van der Waals surface area contributed by atoms with Crippen LogP contribution in [0.3, 0.4) is 0 Å². The second-order valence-electron chi connectivity index (χ2n) is 12.8. The highest BCUT2D eigenvalue weighted by atomic mass is 79.9. The summed E-state index contributed by atoms with van der Waals surface area (Å²) in [6, 6.07) is 34.7. The van der Waals surface area contributed by atoms with Gasteiger partial charge in [-0.05, 0) is 83.8 Å². The van der Waals surface area contributed by atoms with Crippen LogP contribution in [0.2, 0.25) is 0 Å². The lowest BCUT2D eigenvalue weighted by Gasteiger charge is -2.55. The van der Waals surface area contributed by atoms with Gasteiger partial charge in [0.2, 0.25) is 11.8 Å². The van der Waals surface area contributed by atoms with Crippen LogP contribution in [0.25, 0.3) is 0 Å². The van der Waals surface area contributed by atoms with Crippen LogP contribution in [0.4, 0.5) is 5.69 Å². The van der Waals surface area contributed by atoms with Crippen LogP contribution in [-0.4, -0.2) is 36.1 Å². The van der Waals surface area contributed by atoms with Crippen molar-refractivity contribution in [2.75, 3.05) is 11.5 Å². The van der Waals surface area contributed by atoms with Crippen LogP contribution in [0.15, 0.2) is 121 Å². The Morgan fingerprint density at radius 1 is 0.627 bits per heavy atom. The minimum Gasteiger partial charge on any atom is -0.454 e. The molecule has 1 saturated heterocycles. The van der Waals surface area contributed by atoms with Crippen molar-refractivity contribution >= 4 is 67.1 Å². The highest BCUT2D eigenvalue weighted by Gasteiger charge is 2.72. The van der Waals surface area contributed by atoms with Crippen molar-refractivity contribution in [1.82, 2.24) is 0 Å². The molecule has 10 heteroatoms. The average molecular weight is 805 g/mol.